The molecule has 31 heavy (non-hydrogen) atoms. The van der Waals surface area contributed by atoms with Gasteiger partial charge in [0.1, 0.15) is 6.04 Å². The summed E-state index contributed by atoms with van der Waals surface area (Å²) in [6.07, 6.45) is 4.82. The maximum absolute atomic E-state index is 13.4. The Morgan fingerprint density at radius 3 is 2.32 bits per heavy atom. The van der Waals surface area contributed by atoms with Crippen LogP contribution in [0.3, 0.4) is 0 Å². The Hall–Kier alpha value is -1.75. The molecule has 3 rings (SSSR count). The van der Waals surface area contributed by atoms with Crippen LogP contribution in [-0.2, 0) is 22.6 Å². The largest absolute Gasteiger partial charge is 0.352 e. The molecular weight excluding hydrogens is 455 g/mol. The number of nitrogens with one attached hydrogen (secondary N) is 1. The monoisotopic (exact) mass is 480 g/mol. The Kier molecular flexibility index (Phi) is 8.65. The summed E-state index contributed by atoms with van der Waals surface area (Å²) < 4.78 is 0. The molecule has 1 aliphatic rings. The molecule has 0 radical (unpaired) electrons. The van der Waals surface area contributed by atoms with Crippen LogP contribution in [-0.4, -0.2) is 28.8 Å². The van der Waals surface area contributed by atoms with Crippen molar-refractivity contribution in [1.29, 1.82) is 0 Å². The summed E-state index contributed by atoms with van der Waals surface area (Å²) in [5, 5.41) is 4.64. The van der Waals surface area contributed by atoms with Gasteiger partial charge in [-0.3, -0.25) is 9.59 Å². The second-order valence-electron chi connectivity index (χ2n) is 7.94. The molecule has 0 aromatic heterocycles. The van der Waals surface area contributed by atoms with Gasteiger partial charge in [-0.15, -0.1) is 0 Å². The normalized spacial score (nSPS) is 15.0. The minimum Gasteiger partial charge on any atom is -0.352 e. The van der Waals surface area contributed by atoms with E-state index in [-0.39, 0.29) is 30.8 Å². The van der Waals surface area contributed by atoms with Crippen LogP contribution < -0.4 is 5.32 Å². The predicted molar refractivity (Wildman–Crippen MR) is 127 cm³/mol. The van der Waals surface area contributed by atoms with Gasteiger partial charge in [-0.05, 0) is 49.1 Å². The van der Waals surface area contributed by atoms with Gasteiger partial charge in [-0.1, -0.05) is 72.8 Å². The van der Waals surface area contributed by atoms with Crippen molar-refractivity contribution in [3.8, 4) is 0 Å². The van der Waals surface area contributed by atoms with Crippen molar-refractivity contribution >= 4 is 46.6 Å². The second kappa shape index (κ2) is 11.2. The minimum atomic E-state index is -0.611. The lowest BCUT2D eigenvalue weighted by Crippen LogP contribution is -2.51. The van der Waals surface area contributed by atoms with Gasteiger partial charge in [0.05, 0.1) is 6.42 Å². The van der Waals surface area contributed by atoms with Gasteiger partial charge in [0.15, 0.2) is 0 Å². The molecule has 2 aromatic carbocycles. The number of nitrogens with zero attached hydrogens (tertiary/aromatic N) is 1. The number of rotatable bonds is 8. The molecule has 0 unspecified atom stereocenters. The van der Waals surface area contributed by atoms with Crippen LogP contribution in [0.25, 0.3) is 0 Å². The SMILES string of the molecule is CC[C@@H](C(=O)NC1CCCC1)N(Cc1c(Cl)cccc1Cl)C(=O)Cc1cccc(Cl)c1. The number of amides is 2. The molecule has 7 heteroatoms. The van der Waals surface area contributed by atoms with Crippen molar-refractivity contribution < 1.29 is 9.59 Å². The van der Waals surface area contributed by atoms with Crippen LogP contribution in [0.5, 0.6) is 0 Å². The van der Waals surface area contributed by atoms with Crippen LogP contribution in [0.1, 0.15) is 50.2 Å². The summed E-state index contributed by atoms with van der Waals surface area (Å²) in [5.74, 6) is -0.302. The number of hydrogen-bond donors (Lipinski definition) is 1. The number of hydrogen-bond acceptors (Lipinski definition) is 2. The topological polar surface area (TPSA) is 49.4 Å². The molecule has 166 valence electrons. The summed E-state index contributed by atoms with van der Waals surface area (Å²) in [7, 11) is 0. The third-order valence-corrected chi connectivity index (χ3v) is 6.67. The lowest BCUT2D eigenvalue weighted by atomic mass is 10.1. The molecule has 2 amide bonds. The zero-order valence-electron chi connectivity index (χ0n) is 17.5. The summed E-state index contributed by atoms with van der Waals surface area (Å²) in [4.78, 5) is 28.2. The Labute approximate surface area is 198 Å². The smallest absolute Gasteiger partial charge is 0.243 e. The first kappa shape index (κ1) is 23.9. The number of benzene rings is 2. The molecule has 0 spiro atoms. The summed E-state index contributed by atoms with van der Waals surface area (Å²) in [6, 6.07) is 12.0. The molecule has 1 saturated carbocycles. The fraction of sp³-hybridized carbons (Fsp3) is 0.417. The molecule has 1 N–H and O–H groups in total. The van der Waals surface area contributed by atoms with Gasteiger partial charge in [-0.25, -0.2) is 0 Å². The molecule has 0 heterocycles. The average Bonchev–Trinajstić information content (AvgIpc) is 3.23. The first-order chi connectivity index (χ1) is 14.9. The third kappa shape index (κ3) is 6.38. The molecule has 0 bridgehead atoms. The van der Waals surface area contributed by atoms with E-state index in [1.165, 1.54) is 0 Å². The maximum Gasteiger partial charge on any atom is 0.243 e. The Bertz CT molecular complexity index is 909. The van der Waals surface area contributed by atoms with Crippen LogP contribution in [0.4, 0.5) is 0 Å². The van der Waals surface area contributed by atoms with Crippen molar-refractivity contribution in [3.63, 3.8) is 0 Å². The summed E-state index contributed by atoms with van der Waals surface area (Å²) >= 11 is 18.9. The van der Waals surface area contributed by atoms with Crippen LogP contribution in [0.2, 0.25) is 15.1 Å². The zero-order chi connectivity index (χ0) is 22.4. The molecule has 1 atom stereocenters. The van der Waals surface area contributed by atoms with Gasteiger partial charge in [0.2, 0.25) is 11.8 Å². The predicted octanol–water partition coefficient (Wildman–Crippen LogP) is 6.06. The van der Waals surface area contributed by atoms with E-state index >= 15 is 0 Å². The van der Waals surface area contributed by atoms with E-state index in [2.05, 4.69) is 5.32 Å². The van der Waals surface area contributed by atoms with Gasteiger partial charge < -0.3 is 10.2 Å². The number of carbonyl (C=O) groups is 2. The Morgan fingerprint density at radius 1 is 1.06 bits per heavy atom. The van der Waals surface area contributed by atoms with E-state index in [9.17, 15) is 9.59 Å². The van der Waals surface area contributed by atoms with Crippen LogP contribution >= 0.6 is 34.8 Å². The quantitative estimate of drug-likeness (QED) is 0.498. The van der Waals surface area contributed by atoms with Gasteiger partial charge in [0, 0.05) is 33.2 Å². The van der Waals surface area contributed by atoms with E-state index in [0.717, 1.165) is 31.2 Å². The number of carbonyl (C=O) groups excluding carboxylic acids is 2. The fourth-order valence-electron chi connectivity index (χ4n) is 4.06. The van der Waals surface area contributed by atoms with E-state index in [4.69, 9.17) is 34.8 Å². The van der Waals surface area contributed by atoms with E-state index in [0.29, 0.717) is 27.1 Å². The first-order valence-electron chi connectivity index (χ1n) is 10.7. The Morgan fingerprint density at radius 2 is 1.71 bits per heavy atom. The van der Waals surface area contributed by atoms with Gasteiger partial charge >= 0.3 is 0 Å². The van der Waals surface area contributed by atoms with E-state index in [1.54, 1.807) is 35.2 Å². The summed E-state index contributed by atoms with van der Waals surface area (Å²) in [6.45, 7) is 2.07. The lowest BCUT2D eigenvalue weighted by Gasteiger charge is -2.32. The zero-order valence-corrected chi connectivity index (χ0v) is 19.8. The van der Waals surface area contributed by atoms with Crippen molar-refractivity contribution in [2.24, 2.45) is 0 Å². The van der Waals surface area contributed by atoms with Crippen molar-refractivity contribution in [3.05, 3.63) is 68.7 Å². The van der Waals surface area contributed by atoms with Crippen molar-refractivity contribution in [2.75, 3.05) is 0 Å². The molecule has 1 fully saturated rings. The van der Waals surface area contributed by atoms with E-state index in [1.807, 2.05) is 19.1 Å². The molecule has 4 nitrogen and oxygen atoms in total. The fourth-order valence-corrected chi connectivity index (χ4v) is 4.79. The highest BCUT2D eigenvalue weighted by atomic mass is 35.5. The molecule has 2 aromatic rings. The minimum absolute atomic E-state index is 0.128. The highest BCUT2D eigenvalue weighted by Gasteiger charge is 2.31. The van der Waals surface area contributed by atoms with Gasteiger partial charge in [0.25, 0.3) is 0 Å². The van der Waals surface area contributed by atoms with Crippen LogP contribution in [0, 0.1) is 0 Å². The van der Waals surface area contributed by atoms with Crippen LogP contribution in [0.15, 0.2) is 42.5 Å². The molecular formula is C24H27Cl3N2O2. The van der Waals surface area contributed by atoms with Gasteiger partial charge in [-0.2, -0.15) is 0 Å². The van der Waals surface area contributed by atoms with Crippen molar-refractivity contribution in [1.82, 2.24) is 10.2 Å². The third-order valence-electron chi connectivity index (χ3n) is 5.72. The standard InChI is InChI=1S/C24H27Cl3N2O2/c1-2-22(24(31)28-18-9-3-4-10-18)29(15-19-20(26)11-6-12-21(19)27)23(30)14-16-7-5-8-17(25)13-16/h5-8,11-13,18,22H,2-4,9-10,14-15H2,1H3,(H,28,31)/t22-/m0/s1. The highest BCUT2D eigenvalue weighted by Crippen LogP contribution is 2.28. The lowest BCUT2D eigenvalue weighted by molar-refractivity contribution is -0.141. The summed E-state index contributed by atoms with van der Waals surface area (Å²) in [5.41, 5.74) is 1.43. The molecule has 0 saturated heterocycles. The second-order valence-corrected chi connectivity index (χ2v) is 9.19. The van der Waals surface area contributed by atoms with Crippen molar-refractivity contribution in [2.45, 2.75) is 64.1 Å². The molecule has 0 aliphatic heterocycles. The Balaban J connectivity index is 1.87. The number of halogens is 3. The van der Waals surface area contributed by atoms with E-state index < -0.39 is 6.04 Å². The molecule has 1 aliphatic carbocycles. The first-order valence-corrected chi connectivity index (χ1v) is 11.8. The maximum atomic E-state index is 13.4. The highest BCUT2D eigenvalue weighted by molar-refractivity contribution is 6.36. The average molecular weight is 482 g/mol.